The van der Waals surface area contributed by atoms with Gasteiger partial charge in [0.05, 0.1) is 5.60 Å². The summed E-state index contributed by atoms with van der Waals surface area (Å²) in [6, 6.07) is 21.7. The second kappa shape index (κ2) is 10.4. The maximum Gasteiger partial charge on any atom is 0.252 e. The smallest absolute Gasteiger partial charge is 0.252 e. The molecule has 1 fully saturated rings. The number of benzene rings is 3. The highest BCUT2D eigenvalue weighted by atomic mass is 35.5. The molecule has 0 bridgehead atoms. The molecule has 2 heterocycles. The minimum atomic E-state index is -1.17. The Bertz CT molecular complexity index is 1420. The zero-order valence-electron chi connectivity index (χ0n) is 19.9. The van der Waals surface area contributed by atoms with Crippen LogP contribution in [-0.2, 0) is 6.42 Å². The third-order valence-corrected chi connectivity index (χ3v) is 8.10. The number of rotatable bonds is 6. The summed E-state index contributed by atoms with van der Waals surface area (Å²) in [6.07, 6.45) is 3.60. The number of piperidine rings is 1. The normalized spacial score (nSPS) is 20.9. The van der Waals surface area contributed by atoms with E-state index in [9.17, 15) is 14.3 Å². The summed E-state index contributed by atoms with van der Waals surface area (Å²) in [7, 11) is 0. The van der Waals surface area contributed by atoms with Gasteiger partial charge in [0, 0.05) is 33.0 Å². The molecule has 0 aliphatic carbocycles. The first-order valence-electron chi connectivity index (χ1n) is 12.0. The van der Waals surface area contributed by atoms with Crippen molar-refractivity contribution >= 4 is 34.3 Å². The summed E-state index contributed by atoms with van der Waals surface area (Å²) in [6.45, 7) is 0.606. The lowest BCUT2D eigenvalue weighted by atomic mass is 9.70. The van der Waals surface area contributed by atoms with Crippen molar-refractivity contribution in [3.05, 3.63) is 111 Å². The van der Waals surface area contributed by atoms with Crippen molar-refractivity contribution in [2.75, 3.05) is 12.8 Å². The average molecular weight is 523 g/mol. The van der Waals surface area contributed by atoms with Gasteiger partial charge in [-0.2, -0.15) is 0 Å². The van der Waals surface area contributed by atoms with E-state index in [1.54, 1.807) is 36.0 Å². The van der Waals surface area contributed by atoms with Crippen LogP contribution in [0.5, 0.6) is 0 Å². The fourth-order valence-electron chi connectivity index (χ4n) is 5.38. The number of pyridine rings is 1. The van der Waals surface area contributed by atoms with Gasteiger partial charge in [-0.1, -0.05) is 35.9 Å². The summed E-state index contributed by atoms with van der Waals surface area (Å²) in [5.41, 5.74) is 1.77. The number of hydrogen-bond donors (Lipinski definition) is 3. The Balaban J connectivity index is 1.57. The number of aromatic amines is 1. The van der Waals surface area contributed by atoms with Crippen molar-refractivity contribution in [2.24, 2.45) is 0 Å². The second-order valence-corrected chi connectivity index (χ2v) is 10.8. The molecule has 1 saturated heterocycles. The lowest BCUT2D eigenvalue weighted by Gasteiger charge is -2.43. The Morgan fingerprint density at radius 1 is 1.11 bits per heavy atom. The molecular formula is C29H28ClFN2O2S. The molecule has 5 rings (SSSR count). The zero-order chi connectivity index (χ0) is 25.3. The highest BCUT2D eigenvalue weighted by Crippen LogP contribution is 2.41. The summed E-state index contributed by atoms with van der Waals surface area (Å²) < 4.78 is 13.4. The van der Waals surface area contributed by atoms with Gasteiger partial charge in [-0.25, -0.2) is 4.39 Å². The van der Waals surface area contributed by atoms with Crippen molar-refractivity contribution < 1.29 is 9.50 Å². The Hall–Kier alpha value is -2.64. The third kappa shape index (κ3) is 5.23. The molecule has 186 valence electrons. The molecule has 3 aromatic carbocycles. The van der Waals surface area contributed by atoms with Crippen molar-refractivity contribution in [2.45, 2.75) is 41.7 Å². The van der Waals surface area contributed by atoms with Crippen molar-refractivity contribution in [3.63, 3.8) is 0 Å². The first-order chi connectivity index (χ1) is 17.3. The van der Waals surface area contributed by atoms with Gasteiger partial charge in [0.2, 0.25) is 0 Å². The van der Waals surface area contributed by atoms with Gasteiger partial charge >= 0.3 is 0 Å². The summed E-state index contributed by atoms with van der Waals surface area (Å²) in [5.74, 6) is -0.812. The van der Waals surface area contributed by atoms with Crippen LogP contribution in [0.15, 0.2) is 82.5 Å². The minimum absolute atomic E-state index is 0.0216. The minimum Gasteiger partial charge on any atom is -0.389 e. The molecular weight excluding hydrogens is 495 g/mol. The first-order valence-corrected chi connectivity index (χ1v) is 13.6. The second-order valence-electron chi connectivity index (χ2n) is 9.53. The van der Waals surface area contributed by atoms with Crippen LogP contribution in [0.4, 0.5) is 4.39 Å². The predicted octanol–water partition coefficient (Wildman–Crippen LogP) is 5.90. The molecule has 0 saturated carbocycles. The molecule has 36 heavy (non-hydrogen) atoms. The number of H-pyrrole nitrogens is 1. The molecule has 3 unspecified atom stereocenters. The molecule has 3 atom stereocenters. The van der Waals surface area contributed by atoms with Crippen LogP contribution >= 0.6 is 23.4 Å². The van der Waals surface area contributed by atoms with E-state index < -0.39 is 11.5 Å². The van der Waals surface area contributed by atoms with Crippen molar-refractivity contribution in [1.29, 1.82) is 0 Å². The Labute approximate surface area is 218 Å². The van der Waals surface area contributed by atoms with Crippen LogP contribution in [0.2, 0.25) is 5.02 Å². The summed E-state index contributed by atoms with van der Waals surface area (Å²) in [5, 5.41) is 17.2. The lowest BCUT2D eigenvalue weighted by molar-refractivity contribution is -0.0188. The number of thioether (sulfide) groups is 1. The lowest BCUT2D eigenvalue weighted by Crippen LogP contribution is -2.52. The maximum absolute atomic E-state index is 13.4. The molecule has 1 aliphatic heterocycles. The Kier molecular flexibility index (Phi) is 7.22. The van der Waals surface area contributed by atoms with E-state index in [-0.39, 0.29) is 17.4 Å². The number of hydrogen-bond acceptors (Lipinski definition) is 4. The Morgan fingerprint density at radius 3 is 2.58 bits per heavy atom. The van der Waals surface area contributed by atoms with Crippen LogP contribution in [0.1, 0.15) is 35.4 Å². The molecule has 0 spiro atoms. The van der Waals surface area contributed by atoms with Gasteiger partial charge < -0.3 is 15.4 Å². The van der Waals surface area contributed by atoms with E-state index >= 15 is 0 Å². The van der Waals surface area contributed by atoms with Gasteiger partial charge in [0.15, 0.2) is 0 Å². The molecule has 0 amide bonds. The van der Waals surface area contributed by atoms with Gasteiger partial charge in [0.25, 0.3) is 5.56 Å². The van der Waals surface area contributed by atoms with Crippen LogP contribution in [-0.4, -0.2) is 34.5 Å². The number of aliphatic hydroxyl groups is 1. The highest BCUT2D eigenvalue weighted by Gasteiger charge is 2.43. The van der Waals surface area contributed by atoms with Crippen molar-refractivity contribution in [3.8, 4) is 0 Å². The number of halogens is 2. The van der Waals surface area contributed by atoms with Crippen LogP contribution in [0.3, 0.4) is 0 Å². The van der Waals surface area contributed by atoms with E-state index in [0.717, 1.165) is 26.9 Å². The molecule has 7 heteroatoms. The van der Waals surface area contributed by atoms with Gasteiger partial charge in [0.1, 0.15) is 5.82 Å². The maximum atomic E-state index is 13.4. The van der Waals surface area contributed by atoms with E-state index in [2.05, 4.69) is 16.4 Å². The summed E-state index contributed by atoms with van der Waals surface area (Å²) >= 11 is 7.82. The van der Waals surface area contributed by atoms with Gasteiger partial charge in [-0.3, -0.25) is 4.79 Å². The fourth-order valence-corrected chi connectivity index (χ4v) is 5.96. The highest BCUT2D eigenvalue weighted by molar-refractivity contribution is 7.98. The Morgan fingerprint density at radius 2 is 1.86 bits per heavy atom. The number of fused-ring (bicyclic) bond motifs is 1. The SMILES string of the molecule is CSc1ccc2[nH]c(=O)c(C(c3ccc(Cl)cc3)C3(O)CCNC(Cc4ccc(F)cc4)C3)cc2c1. The van der Waals surface area contributed by atoms with Crippen molar-refractivity contribution in [1.82, 2.24) is 10.3 Å². The molecule has 4 nitrogen and oxygen atoms in total. The van der Waals surface area contributed by atoms with E-state index in [0.29, 0.717) is 36.4 Å². The quantitative estimate of drug-likeness (QED) is 0.276. The standard InChI is InChI=1S/C29H28ClFN2O2S/c1-36-24-10-11-26-20(15-24)16-25(28(34)33-26)27(19-4-6-21(30)7-5-19)29(35)12-13-32-23(17-29)14-18-2-8-22(31)9-3-18/h2-11,15-16,23,27,32,35H,12-14,17H2,1H3,(H,33,34). The van der Waals surface area contributed by atoms with E-state index in [1.807, 2.05) is 36.6 Å². The zero-order valence-corrected chi connectivity index (χ0v) is 21.5. The third-order valence-electron chi connectivity index (χ3n) is 7.12. The van der Waals surface area contributed by atoms with Gasteiger partial charge in [-0.15, -0.1) is 11.8 Å². The molecule has 4 aromatic rings. The van der Waals surface area contributed by atoms with E-state index in [1.165, 1.54) is 12.1 Å². The largest absolute Gasteiger partial charge is 0.389 e. The molecule has 1 aromatic heterocycles. The van der Waals surface area contributed by atoms with E-state index in [4.69, 9.17) is 11.6 Å². The molecule has 0 radical (unpaired) electrons. The van der Waals surface area contributed by atoms with Crippen LogP contribution in [0.25, 0.3) is 10.9 Å². The molecule has 3 N–H and O–H groups in total. The van der Waals surface area contributed by atoms with Crippen LogP contribution in [0, 0.1) is 5.82 Å². The fraction of sp³-hybridized carbons (Fsp3) is 0.276. The van der Waals surface area contributed by atoms with Gasteiger partial charge in [-0.05, 0) is 97.1 Å². The first kappa shape index (κ1) is 25.0. The monoisotopic (exact) mass is 522 g/mol. The molecule has 1 aliphatic rings. The predicted molar refractivity (Wildman–Crippen MR) is 146 cm³/mol. The van der Waals surface area contributed by atoms with Crippen LogP contribution < -0.4 is 10.9 Å². The number of nitrogens with one attached hydrogen (secondary N) is 2. The average Bonchev–Trinajstić information content (AvgIpc) is 2.87. The number of aromatic nitrogens is 1. The topological polar surface area (TPSA) is 65.1 Å². The summed E-state index contributed by atoms with van der Waals surface area (Å²) in [4.78, 5) is 17.5.